The Morgan fingerprint density at radius 2 is 1.24 bits per heavy atom. The summed E-state index contributed by atoms with van der Waals surface area (Å²) in [7, 11) is 0. The lowest BCUT2D eigenvalue weighted by Crippen LogP contribution is -2.29. The van der Waals surface area contributed by atoms with Crippen LogP contribution in [0.4, 0.5) is 26.3 Å². The minimum atomic E-state index is -4.74. The molecule has 0 bridgehead atoms. The Hall–Kier alpha value is -4.27. The van der Waals surface area contributed by atoms with Gasteiger partial charge in [0, 0.05) is 24.3 Å². The lowest BCUT2D eigenvalue weighted by Gasteiger charge is -2.08. The molecule has 190 valence electrons. The fraction of sp³-hybridized carbons (Fsp3) is 0.107. The predicted molar refractivity (Wildman–Crippen MR) is 126 cm³/mol. The molecule has 3 nitrogen and oxygen atoms in total. The Morgan fingerprint density at radius 1 is 0.676 bits per heavy atom. The van der Waals surface area contributed by atoms with Crippen molar-refractivity contribution in [2.45, 2.75) is 19.1 Å². The van der Waals surface area contributed by atoms with Gasteiger partial charge in [-0.25, -0.2) is 0 Å². The lowest BCUT2D eigenvalue weighted by molar-refractivity contribution is -0.595. The van der Waals surface area contributed by atoms with Crippen molar-refractivity contribution < 1.29 is 40.4 Å². The van der Waals surface area contributed by atoms with Crippen LogP contribution in [0.5, 0.6) is 11.5 Å². The topological polar surface area (TPSA) is 22.3 Å². The number of pyridine rings is 1. The number of hydrogen-bond acceptors (Lipinski definition) is 2. The van der Waals surface area contributed by atoms with Gasteiger partial charge in [0.05, 0.1) is 0 Å². The fourth-order valence-electron chi connectivity index (χ4n) is 3.56. The third kappa shape index (κ3) is 7.86. The SMILES string of the molecule is FC(F)(F)Oc1ccc(C/C=C2/C=CC=C(c3cc[n+](-c4ccc(OC(F)(F)F)cc4)cc3)C=C2)cc1. The van der Waals surface area contributed by atoms with Crippen LogP contribution in [0.15, 0.2) is 115 Å². The van der Waals surface area contributed by atoms with Crippen LogP contribution < -0.4 is 14.0 Å². The molecule has 1 aromatic heterocycles. The smallest absolute Gasteiger partial charge is 0.406 e. The summed E-state index contributed by atoms with van der Waals surface area (Å²) in [5.74, 6) is -0.547. The summed E-state index contributed by atoms with van der Waals surface area (Å²) in [6, 6.07) is 15.1. The number of nitrogens with zero attached hydrogens (tertiary/aromatic N) is 1. The van der Waals surface area contributed by atoms with Crippen LogP contribution in [0.1, 0.15) is 11.1 Å². The van der Waals surface area contributed by atoms with E-state index in [0.717, 1.165) is 22.3 Å². The van der Waals surface area contributed by atoms with E-state index in [1.54, 1.807) is 29.1 Å². The van der Waals surface area contributed by atoms with Crippen LogP contribution in [-0.4, -0.2) is 12.7 Å². The highest BCUT2D eigenvalue weighted by molar-refractivity contribution is 5.76. The van der Waals surface area contributed by atoms with Gasteiger partial charge in [-0.15, -0.1) is 26.3 Å². The standard InChI is InChI=1S/C28H20F6NO2/c29-27(30,31)36-25-12-7-21(8-13-25)5-4-20-2-1-3-22(9-6-20)23-16-18-35(19-17-23)24-10-14-26(15-11-24)37-28(32,33)34/h1-4,6-19H,5H2/q+1/b20-4-. The van der Waals surface area contributed by atoms with Crippen molar-refractivity contribution in [1.82, 2.24) is 0 Å². The van der Waals surface area contributed by atoms with E-state index in [2.05, 4.69) is 9.47 Å². The quantitative estimate of drug-likeness (QED) is 0.251. The highest BCUT2D eigenvalue weighted by Gasteiger charge is 2.31. The Bertz CT molecular complexity index is 1330. The number of alkyl halides is 6. The van der Waals surface area contributed by atoms with E-state index in [0.29, 0.717) is 12.1 Å². The van der Waals surface area contributed by atoms with Gasteiger partial charge in [0.1, 0.15) is 11.5 Å². The molecule has 3 aromatic rings. The van der Waals surface area contributed by atoms with Crippen LogP contribution in [0.25, 0.3) is 11.3 Å². The summed E-state index contributed by atoms with van der Waals surface area (Å²) in [4.78, 5) is 0. The molecule has 0 saturated heterocycles. The Balaban J connectivity index is 1.38. The Labute approximate surface area is 208 Å². The fourth-order valence-corrected chi connectivity index (χ4v) is 3.56. The van der Waals surface area contributed by atoms with E-state index in [4.69, 9.17) is 0 Å². The van der Waals surface area contributed by atoms with Gasteiger partial charge in [-0.05, 0) is 53.0 Å². The van der Waals surface area contributed by atoms with Gasteiger partial charge in [0.15, 0.2) is 12.4 Å². The number of benzene rings is 2. The van der Waals surface area contributed by atoms with Crippen LogP contribution in [0, 0.1) is 0 Å². The molecule has 0 amide bonds. The van der Waals surface area contributed by atoms with Crippen LogP contribution in [0.2, 0.25) is 0 Å². The monoisotopic (exact) mass is 516 g/mol. The molecule has 1 aliphatic carbocycles. The molecule has 0 atom stereocenters. The Morgan fingerprint density at radius 3 is 1.81 bits per heavy atom. The second-order valence-electron chi connectivity index (χ2n) is 7.95. The summed E-state index contributed by atoms with van der Waals surface area (Å²) in [6.07, 6.45) is 6.33. The van der Waals surface area contributed by atoms with Gasteiger partial charge >= 0.3 is 12.7 Å². The molecule has 0 unspecified atom stereocenters. The predicted octanol–water partition coefficient (Wildman–Crippen LogP) is 7.44. The average Bonchev–Trinajstić information content (AvgIpc) is 3.08. The number of allylic oxidation sites excluding steroid dienone is 8. The van der Waals surface area contributed by atoms with Crippen molar-refractivity contribution in [3.05, 3.63) is 126 Å². The molecule has 1 aliphatic rings. The third-order valence-electron chi connectivity index (χ3n) is 5.28. The van der Waals surface area contributed by atoms with E-state index in [1.807, 2.05) is 48.6 Å². The average molecular weight is 516 g/mol. The summed E-state index contributed by atoms with van der Waals surface area (Å²) < 4.78 is 83.4. The largest absolute Gasteiger partial charge is 0.573 e. The molecule has 0 saturated carbocycles. The van der Waals surface area contributed by atoms with Gasteiger partial charge in [0.2, 0.25) is 5.69 Å². The molecule has 37 heavy (non-hydrogen) atoms. The summed E-state index contributed by atoms with van der Waals surface area (Å²) in [5, 5.41) is 0. The number of ether oxygens (including phenoxy) is 2. The molecule has 0 radical (unpaired) electrons. The van der Waals surface area contributed by atoms with Crippen molar-refractivity contribution in [1.29, 1.82) is 0 Å². The van der Waals surface area contributed by atoms with E-state index in [-0.39, 0.29) is 11.5 Å². The maximum atomic E-state index is 12.3. The second kappa shape index (κ2) is 10.8. The van der Waals surface area contributed by atoms with Crippen LogP contribution >= 0.6 is 0 Å². The van der Waals surface area contributed by atoms with Crippen molar-refractivity contribution in [3.63, 3.8) is 0 Å². The van der Waals surface area contributed by atoms with Crippen LogP contribution in [0.3, 0.4) is 0 Å². The molecule has 2 aromatic carbocycles. The normalized spacial score (nSPS) is 14.9. The molecule has 1 heterocycles. The minimum absolute atomic E-state index is 0.260. The molecular weight excluding hydrogens is 496 g/mol. The molecule has 0 spiro atoms. The molecule has 0 aliphatic heterocycles. The zero-order chi connectivity index (χ0) is 26.5. The third-order valence-corrected chi connectivity index (χ3v) is 5.28. The number of hydrogen-bond donors (Lipinski definition) is 0. The Kier molecular flexibility index (Phi) is 7.52. The molecule has 9 heteroatoms. The van der Waals surface area contributed by atoms with E-state index in [1.165, 1.54) is 36.4 Å². The first-order valence-corrected chi connectivity index (χ1v) is 11.0. The van der Waals surface area contributed by atoms with E-state index < -0.39 is 12.7 Å². The maximum Gasteiger partial charge on any atom is 0.573 e. The molecular formula is C28H20F6NO2+. The van der Waals surface area contributed by atoms with Gasteiger partial charge in [-0.3, -0.25) is 0 Å². The van der Waals surface area contributed by atoms with Gasteiger partial charge in [0.25, 0.3) is 0 Å². The maximum absolute atomic E-state index is 12.3. The van der Waals surface area contributed by atoms with Gasteiger partial charge in [-0.1, -0.05) is 48.6 Å². The zero-order valence-corrected chi connectivity index (χ0v) is 19.1. The van der Waals surface area contributed by atoms with Crippen molar-refractivity contribution in [3.8, 4) is 17.2 Å². The summed E-state index contributed by atoms with van der Waals surface area (Å²) in [5.41, 5.74) is 4.35. The van der Waals surface area contributed by atoms with Gasteiger partial charge in [-0.2, -0.15) is 4.57 Å². The highest BCUT2D eigenvalue weighted by atomic mass is 19.4. The first-order chi connectivity index (χ1) is 17.5. The number of rotatable bonds is 6. The van der Waals surface area contributed by atoms with Crippen LogP contribution in [-0.2, 0) is 6.42 Å². The first-order valence-electron chi connectivity index (χ1n) is 11.0. The first kappa shape index (κ1) is 25.8. The second-order valence-corrected chi connectivity index (χ2v) is 7.95. The minimum Gasteiger partial charge on any atom is -0.406 e. The highest BCUT2D eigenvalue weighted by Crippen LogP contribution is 2.25. The molecule has 4 rings (SSSR count). The zero-order valence-electron chi connectivity index (χ0n) is 19.1. The van der Waals surface area contributed by atoms with Crippen molar-refractivity contribution in [2.24, 2.45) is 0 Å². The number of aromatic nitrogens is 1. The summed E-state index contributed by atoms with van der Waals surface area (Å²) in [6.45, 7) is 0. The van der Waals surface area contributed by atoms with Crippen molar-refractivity contribution in [2.75, 3.05) is 0 Å². The van der Waals surface area contributed by atoms with E-state index in [9.17, 15) is 26.3 Å². The van der Waals surface area contributed by atoms with E-state index >= 15 is 0 Å². The van der Waals surface area contributed by atoms with Crippen molar-refractivity contribution >= 4 is 5.57 Å². The lowest BCUT2D eigenvalue weighted by atomic mass is 10.1. The van der Waals surface area contributed by atoms with Gasteiger partial charge < -0.3 is 9.47 Å². The molecule has 0 fully saturated rings. The summed E-state index contributed by atoms with van der Waals surface area (Å²) >= 11 is 0. The molecule has 0 N–H and O–H groups in total. The number of halogens is 6.